The van der Waals surface area contributed by atoms with E-state index in [4.69, 9.17) is 9.47 Å². The first-order valence-corrected chi connectivity index (χ1v) is 7.12. The molecule has 2 aromatic carbocycles. The maximum absolute atomic E-state index is 12.5. The molecule has 4 heteroatoms. The van der Waals surface area contributed by atoms with E-state index in [-0.39, 0.29) is 11.9 Å². The van der Waals surface area contributed by atoms with Gasteiger partial charge in [0.15, 0.2) is 0 Å². The van der Waals surface area contributed by atoms with Crippen molar-refractivity contribution in [2.24, 2.45) is 0 Å². The van der Waals surface area contributed by atoms with Gasteiger partial charge in [0.2, 0.25) is 0 Å². The van der Waals surface area contributed by atoms with Gasteiger partial charge in [0.1, 0.15) is 11.5 Å². The Hall–Kier alpha value is -2.49. The molecule has 0 aliphatic rings. The van der Waals surface area contributed by atoms with Crippen LogP contribution < -0.4 is 9.47 Å². The highest BCUT2D eigenvalue weighted by Gasteiger charge is 2.19. The van der Waals surface area contributed by atoms with Crippen molar-refractivity contribution in [1.29, 1.82) is 0 Å². The van der Waals surface area contributed by atoms with Crippen molar-refractivity contribution in [3.63, 3.8) is 0 Å². The monoisotopic (exact) mass is 299 g/mol. The lowest BCUT2D eigenvalue weighted by Crippen LogP contribution is -2.29. The number of hydrogen-bond acceptors (Lipinski definition) is 3. The smallest absolute Gasteiger partial charge is 0.254 e. The number of amides is 1. The van der Waals surface area contributed by atoms with Crippen molar-refractivity contribution in [2.45, 2.75) is 13.0 Å². The van der Waals surface area contributed by atoms with Crippen molar-refractivity contribution in [2.75, 3.05) is 21.3 Å². The van der Waals surface area contributed by atoms with Gasteiger partial charge in [-0.05, 0) is 48.9 Å². The van der Waals surface area contributed by atoms with E-state index in [2.05, 4.69) is 0 Å². The Bertz CT molecular complexity index is 620. The van der Waals surface area contributed by atoms with Gasteiger partial charge in [-0.1, -0.05) is 12.1 Å². The molecule has 2 rings (SSSR count). The van der Waals surface area contributed by atoms with Crippen LogP contribution >= 0.6 is 0 Å². The summed E-state index contributed by atoms with van der Waals surface area (Å²) in [5.41, 5.74) is 1.70. The average molecular weight is 299 g/mol. The highest BCUT2D eigenvalue weighted by atomic mass is 16.5. The third-order valence-corrected chi connectivity index (χ3v) is 3.84. The predicted molar refractivity (Wildman–Crippen MR) is 86.5 cm³/mol. The van der Waals surface area contributed by atoms with Crippen LogP contribution in [0.4, 0.5) is 0 Å². The van der Waals surface area contributed by atoms with Crippen LogP contribution in [0, 0.1) is 0 Å². The fourth-order valence-electron chi connectivity index (χ4n) is 2.22. The van der Waals surface area contributed by atoms with Gasteiger partial charge in [0.05, 0.1) is 20.3 Å². The molecule has 0 saturated heterocycles. The van der Waals surface area contributed by atoms with Crippen molar-refractivity contribution < 1.29 is 14.3 Å². The minimum absolute atomic E-state index is 0.0222. The second-order valence-corrected chi connectivity index (χ2v) is 5.09. The summed E-state index contributed by atoms with van der Waals surface area (Å²) >= 11 is 0. The quantitative estimate of drug-likeness (QED) is 0.847. The van der Waals surface area contributed by atoms with Crippen LogP contribution in [0.15, 0.2) is 48.5 Å². The third kappa shape index (κ3) is 3.39. The zero-order valence-corrected chi connectivity index (χ0v) is 13.4. The molecule has 0 bridgehead atoms. The molecule has 0 aromatic heterocycles. The van der Waals surface area contributed by atoms with E-state index in [1.165, 1.54) is 0 Å². The van der Waals surface area contributed by atoms with Gasteiger partial charge < -0.3 is 14.4 Å². The van der Waals surface area contributed by atoms with Crippen LogP contribution in [-0.2, 0) is 0 Å². The average Bonchev–Trinajstić information content (AvgIpc) is 2.60. The number of hydrogen-bond donors (Lipinski definition) is 0. The van der Waals surface area contributed by atoms with Crippen LogP contribution in [0.25, 0.3) is 0 Å². The molecule has 116 valence electrons. The second-order valence-electron chi connectivity index (χ2n) is 5.09. The molecule has 2 aromatic rings. The number of rotatable bonds is 5. The summed E-state index contributed by atoms with van der Waals surface area (Å²) in [7, 11) is 5.05. The highest BCUT2D eigenvalue weighted by molar-refractivity contribution is 5.94. The number of benzene rings is 2. The molecule has 1 atom stereocenters. The molecule has 0 aliphatic carbocycles. The Kier molecular flexibility index (Phi) is 5.04. The van der Waals surface area contributed by atoms with E-state index in [0.717, 1.165) is 17.1 Å². The molecule has 1 amide bonds. The molecule has 0 fully saturated rings. The molecule has 0 radical (unpaired) electrons. The molecule has 1 unspecified atom stereocenters. The zero-order valence-electron chi connectivity index (χ0n) is 13.4. The van der Waals surface area contributed by atoms with E-state index in [1.807, 2.05) is 38.2 Å². The first-order chi connectivity index (χ1) is 10.6. The van der Waals surface area contributed by atoms with Crippen LogP contribution in [0.5, 0.6) is 11.5 Å². The number of nitrogens with zero attached hydrogens (tertiary/aromatic N) is 1. The summed E-state index contributed by atoms with van der Waals surface area (Å²) in [6, 6.07) is 14.9. The lowest BCUT2D eigenvalue weighted by molar-refractivity contribution is 0.0742. The molecular weight excluding hydrogens is 278 g/mol. The molecule has 4 nitrogen and oxygen atoms in total. The SMILES string of the molecule is COc1ccc(C(=O)N(C)C(C)c2ccc(OC)cc2)cc1. The second kappa shape index (κ2) is 6.98. The summed E-state index contributed by atoms with van der Waals surface area (Å²) in [6.45, 7) is 2.00. The van der Waals surface area contributed by atoms with Gasteiger partial charge in [-0.3, -0.25) is 4.79 Å². The van der Waals surface area contributed by atoms with Gasteiger partial charge in [-0.15, -0.1) is 0 Å². The Morgan fingerprint density at radius 3 is 1.82 bits per heavy atom. The van der Waals surface area contributed by atoms with Crippen LogP contribution in [0.1, 0.15) is 28.9 Å². The number of carbonyl (C=O) groups excluding carboxylic acids is 1. The predicted octanol–water partition coefficient (Wildman–Crippen LogP) is 3.54. The maximum atomic E-state index is 12.5. The largest absolute Gasteiger partial charge is 0.497 e. The van der Waals surface area contributed by atoms with Gasteiger partial charge in [0, 0.05) is 12.6 Å². The minimum Gasteiger partial charge on any atom is -0.497 e. The lowest BCUT2D eigenvalue weighted by Gasteiger charge is -2.25. The van der Waals surface area contributed by atoms with E-state index >= 15 is 0 Å². The molecule has 0 saturated carbocycles. The summed E-state index contributed by atoms with van der Waals surface area (Å²) in [5.74, 6) is 1.52. The van der Waals surface area contributed by atoms with Crippen molar-refractivity contribution >= 4 is 5.91 Å². The Morgan fingerprint density at radius 1 is 0.909 bits per heavy atom. The van der Waals surface area contributed by atoms with E-state index in [9.17, 15) is 4.79 Å². The third-order valence-electron chi connectivity index (χ3n) is 3.84. The molecule has 0 N–H and O–H groups in total. The van der Waals surface area contributed by atoms with E-state index in [0.29, 0.717) is 5.56 Å². The van der Waals surface area contributed by atoms with Crippen molar-refractivity contribution in [3.8, 4) is 11.5 Å². The zero-order chi connectivity index (χ0) is 16.1. The lowest BCUT2D eigenvalue weighted by atomic mass is 10.1. The molecule has 0 spiro atoms. The Labute approximate surface area is 131 Å². The molecule has 22 heavy (non-hydrogen) atoms. The van der Waals surface area contributed by atoms with E-state index in [1.54, 1.807) is 43.4 Å². The number of carbonyl (C=O) groups is 1. The minimum atomic E-state index is -0.0273. The number of ether oxygens (including phenoxy) is 2. The first-order valence-electron chi connectivity index (χ1n) is 7.12. The molecule has 0 aliphatic heterocycles. The van der Waals surface area contributed by atoms with Gasteiger partial charge in [-0.25, -0.2) is 0 Å². The normalized spacial score (nSPS) is 11.6. The highest BCUT2D eigenvalue weighted by Crippen LogP contribution is 2.23. The summed E-state index contributed by atoms with van der Waals surface area (Å²) in [6.07, 6.45) is 0. The fraction of sp³-hybridized carbons (Fsp3) is 0.278. The van der Waals surface area contributed by atoms with Crippen molar-refractivity contribution in [3.05, 3.63) is 59.7 Å². The fourth-order valence-corrected chi connectivity index (χ4v) is 2.22. The van der Waals surface area contributed by atoms with Crippen LogP contribution in [-0.4, -0.2) is 32.1 Å². The Balaban J connectivity index is 2.13. The summed E-state index contributed by atoms with van der Waals surface area (Å²) in [5, 5.41) is 0. The molecule has 0 heterocycles. The summed E-state index contributed by atoms with van der Waals surface area (Å²) < 4.78 is 10.3. The molecular formula is C18H21NO3. The van der Waals surface area contributed by atoms with Crippen molar-refractivity contribution in [1.82, 2.24) is 4.90 Å². The van der Waals surface area contributed by atoms with Gasteiger partial charge in [-0.2, -0.15) is 0 Å². The van der Waals surface area contributed by atoms with Gasteiger partial charge >= 0.3 is 0 Å². The number of methoxy groups -OCH3 is 2. The first kappa shape index (κ1) is 15.9. The summed E-state index contributed by atoms with van der Waals surface area (Å²) in [4.78, 5) is 14.3. The van der Waals surface area contributed by atoms with Gasteiger partial charge in [0.25, 0.3) is 5.91 Å². The van der Waals surface area contributed by atoms with E-state index < -0.39 is 0 Å². The van der Waals surface area contributed by atoms with Crippen LogP contribution in [0.2, 0.25) is 0 Å². The topological polar surface area (TPSA) is 38.8 Å². The Morgan fingerprint density at radius 2 is 1.36 bits per heavy atom. The standard InChI is InChI=1S/C18H21NO3/c1-13(14-5-9-16(21-3)10-6-14)19(2)18(20)15-7-11-17(22-4)12-8-15/h5-13H,1-4H3. The van der Waals surface area contributed by atoms with Crippen LogP contribution in [0.3, 0.4) is 0 Å². The maximum Gasteiger partial charge on any atom is 0.254 e.